The second kappa shape index (κ2) is 6.66. The summed E-state index contributed by atoms with van der Waals surface area (Å²) in [4.78, 5) is 24.5. The highest BCUT2D eigenvalue weighted by atomic mass is 16.6. The van der Waals surface area contributed by atoms with Crippen molar-refractivity contribution in [1.82, 2.24) is 0 Å². The first-order valence-corrected chi connectivity index (χ1v) is 8.22. The number of nitro benzene ring substituents is 1. The van der Waals surface area contributed by atoms with Crippen LogP contribution in [0.2, 0.25) is 0 Å². The number of rotatable bonds is 4. The van der Waals surface area contributed by atoms with Crippen molar-refractivity contribution < 1.29 is 14.5 Å². The summed E-state index contributed by atoms with van der Waals surface area (Å²) >= 11 is 0. The zero-order valence-corrected chi connectivity index (χ0v) is 13.4. The van der Waals surface area contributed by atoms with E-state index in [1.165, 1.54) is 13.0 Å². The lowest BCUT2D eigenvalue weighted by Crippen LogP contribution is -2.38. The Labute approximate surface area is 135 Å². The summed E-state index contributed by atoms with van der Waals surface area (Å²) in [5, 5.41) is 11.4. The highest BCUT2D eigenvalue weighted by Crippen LogP contribution is 2.35. The maximum Gasteiger partial charge on any atom is 0.293 e. The lowest BCUT2D eigenvalue weighted by Gasteiger charge is -2.35. The number of benzene rings is 1. The Morgan fingerprint density at radius 2 is 2.04 bits per heavy atom. The number of hydrogen-bond acceptors (Lipinski definition) is 5. The normalized spacial score (nSPS) is 22.3. The van der Waals surface area contributed by atoms with Crippen molar-refractivity contribution in [2.45, 2.75) is 38.7 Å². The predicted molar refractivity (Wildman–Crippen MR) is 87.0 cm³/mol. The number of Topliss-reactive ketones (excluding diaryl/α,β-unsaturated/α-hetero) is 1. The first-order valence-electron chi connectivity index (χ1n) is 8.22. The molecule has 0 N–H and O–H groups in total. The Morgan fingerprint density at radius 1 is 1.30 bits per heavy atom. The van der Waals surface area contributed by atoms with Crippen LogP contribution >= 0.6 is 0 Å². The summed E-state index contributed by atoms with van der Waals surface area (Å²) in [6, 6.07) is 4.78. The van der Waals surface area contributed by atoms with E-state index in [0.29, 0.717) is 23.3 Å². The fraction of sp³-hybridized carbons (Fsp3) is 0.588. The number of piperidine rings is 1. The van der Waals surface area contributed by atoms with Crippen molar-refractivity contribution in [3.8, 4) is 0 Å². The molecule has 2 heterocycles. The average molecular weight is 318 g/mol. The number of nitrogens with zero attached hydrogens (tertiary/aromatic N) is 2. The minimum absolute atomic E-state index is 0.0215. The van der Waals surface area contributed by atoms with Crippen LogP contribution in [0.25, 0.3) is 0 Å². The number of carbonyl (C=O) groups is 1. The van der Waals surface area contributed by atoms with Crippen LogP contribution in [0.4, 0.5) is 11.4 Å². The molecule has 23 heavy (non-hydrogen) atoms. The summed E-state index contributed by atoms with van der Waals surface area (Å²) in [6.07, 6.45) is 4.64. The van der Waals surface area contributed by atoms with E-state index >= 15 is 0 Å². The molecule has 0 amide bonds. The molecule has 1 aromatic rings. The van der Waals surface area contributed by atoms with Gasteiger partial charge in [0.2, 0.25) is 0 Å². The summed E-state index contributed by atoms with van der Waals surface area (Å²) in [6.45, 7) is 3.88. The molecule has 3 rings (SSSR count). The number of hydrogen-bond donors (Lipinski definition) is 0. The molecule has 124 valence electrons. The molecule has 0 radical (unpaired) electrons. The fourth-order valence-corrected chi connectivity index (χ4v) is 3.64. The number of nitro groups is 1. The summed E-state index contributed by atoms with van der Waals surface area (Å²) < 4.78 is 5.77. The highest BCUT2D eigenvalue weighted by Gasteiger charge is 2.31. The molecule has 0 saturated carbocycles. The van der Waals surface area contributed by atoms with E-state index in [0.717, 1.165) is 45.4 Å². The smallest absolute Gasteiger partial charge is 0.293 e. The first kappa shape index (κ1) is 15.9. The molecule has 1 aromatic carbocycles. The number of carbonyl (C=O) groups excluding carboxylic acids is 1. The van der Waals surface area contributed by atoms with Crippen molar-refractivity contribution in [1.29, 1.82) is 0 Å². The molecular weight excluding hydrogens is 296 g/mol. The van der Waals surface area contributed by atoms with Crippen LogP contribution in [0, 0.1) is 16.0 Å². The molecule has 6 heteroatoms. The van der Waals surface area contributed by atoms with Crippen LogP contribution in [0.1, 0.15) is 43.0 Å². The number of anilines is 1. The second-order valence-corrected chi connectivity index (χ2v) is 6.39. The van der Waals surface area contributed by atoms with Gasteiger partial charge in [0, 0.05) is 31.3 Å². The van der Waals surface area contributed by atoms with Crippen LogP contribution in [0.5, 0.6) is 0 Å². The summed E-state index contributed by atoms with van der Waals surface area (Å²) in [5.74, 6) is 0.404. The molecule has 0 bridgehead atoms. The third-order valence-corrected chi connectivity index (χ3v) is 4.95. The lowest BCUT2D eigenvalue weighted by atomic mass is 9.89. The maximum atomic E-state index is 11.4. The minimum atomic E-state index is -0.395. The van der Waals surface area contributed by atoms with E-state index in [9.17, 15) is 14.9 Å². The molecule has 0 aromatic heterocycles. The van der Waals surface area contributed by atoms with Gasteiger partial charge in [0.05, 0.1) is 11.0 Å². The molecule has 2 aliphatic rings. The van der Waals surface area contributed by atoms with Crippen molar-refractivity contribution in [3.63, 3.8) is 0 Å². The van der Waals surface area contributed by atoms with Crippen LogP contribution in [0.15, 0.2) is 18.2 Å². The molecule has 2 fully saturated rings. The van der Waals surface area contributed by atoms with Gasteiger partial charge in [-0.25, -0.2) is 0 Å². The lowest BCUT2D eigenvalue weighted by molar-refractivity contribution is -0.384. The van der Waals surface area contributed by atoms with E-state index in [1.54, 1.807) is 12.1 Å². The van der Waals surface area contributed by atoms with Gasteiger partial charge in [-0.3, -0.25) is 14.9 Å². The van der Waals surface area contributed by atoms with Gasteiger partial charge in [0.1, 0.15) is 5.69 Å². The fourth-order valence-electron chi connectivity index (χ4n) is 3.64. The molecule has 0 aliphatic carbocycles. The SMILES string of the molecule is CC(=O)c1ccc(N2CCC([C@@H]3CCCO3)CC2)c([N+](=O)[O-])c1. The van der Waals surface area contributed by atoms with Crippen molar-refractivity contribution in [3.05, 3.63) is 33.9 Å². The van der Waals surface area contributed by atoms with Crippen LogP contribution in [-0.4, -0.2) is 36.5 Å². The van der Waals surface area contributed by atoms with Crippen molar-refractivity contribution in [2.24, 2.45) is 5.92 Å². The molecule has 2 saturated heterocycles. The van der Waals surface area contributed by atoms with Crippen LogP contribution in [0.3, 0.4) is 0 Å². The Bertz CT molecular complexity index is 603. The summed E-state index contributed by atoms with van der Waals surface area (Å²) in [5.41, 5.74) is 1.02. The largest absolute Gasteiger partial charge is 0.378 e. The van der Waals surface area contributed by atoms with Gasteiger partial charge in [-0.2, -0.15) is 0 Å². The number of ketones is 1. The third kappa shape index (κ3) is 3.37. The quantitative estimate of drug-likeness (QED) is 0.484. The van der Waals surface area contributed by atoms with Crippen molar-refractivity contribution >= 4 is 17.2 Å². The molecule has 0 spiro atoms. The molecule has 6 nitrogen and oxygen atoms in total. The zero-order chi connectivity index (χ0) is 16.4. The van der Waals surface area contributed by atoms with Gasteiger partial charge >= 0.3 is 0 Å². The zero-order valence-electron chi connectivity index (χ0n) is 13.4. The van der Waals surface area contributed by atoms with Gasteiger partial charge < -0.3 is 9.64 Å². The van der Waals surface area contributed by atoms with Gasteiger partial charge in [0.15, 0.2) is 5.78 Å². The van der Waals surface area contributed by atoms with Gasteiger partial charge in [-0.05, 0) is 50.7 Å². The summed E-state index contributed by atoms with van der Waals surface area (Å²) in [7, 11) is 0. The van der Waals surface area contributed by atoms with E-state index in [1.807, 2.05) is 0 Å². The van der Waals surface area contributed by atoms with E-state index in [-0.39, 0.29) is 11.5 Å². The molecule has 0 unspecified atom stereocenters. The van der Waals surface area contributed by atoms with Gasteiger partial charge in [-0.1, -0.05) is 0 Å². The molecule has 1 atom stereocenters. The van der Waals surface area contributed by atoms with Gasteiger partial charge in [0.25, 0.3) is 5.69 Å². The molecular formula is C17H22N2O4. The Morgan fingerprint density at radius 3 is 2.61 bits per heavy atom. The van der Waals surface area contributed by atoms with Crippen molar-refractivity contribution in [2.75, 3.05) is 24.6 Å². The van der Waals surface area contributed by atoms with Crippen LogP contribution < -0.4 is 4.90 Å². The Hall–Kier alpha value is -1.95. The predicted octanol–water partition coefficient (Wildman–Crippen LogP) is 3.19. The van der Waals surface area contributed by atoms with E-state index in [2.05, 4.69) is 4.90 Å². The third-order valence-electron chi connectivity index (χ3n) is 4.95. The van der Waals surface area contributed by atoms with Gasteiger partial charge in [-0.15, -0.1) is 0 Å². The van der Waals surface area contributed by atoms with Crippen LogP contribution in [-0.2, 0) is 4.74 Å². The number of ether oxygens (including phenoxy) is 1. The average Bonchev–Trinajstić information content (AvgIpc) is 3.09. The first-order chi connectivity index (χ1) is 11.1. The monoisotopic (exact) mass is 318 g/mol. The maximum absolute atomic E-state index is 11.4. The standard InChI is InChI=1S/C17H22N2O4/c1-12(20)14-4-5-15(16(11-14)19(21)22)18-8-6-13(7-9-18)17-3-2-10-23-17/h4-5,11,13,17H,2-3,6-10H2,1H3/t17-/m0/s1. The topological polar surface area (TPSA) is 72.7 Å². The Kier molecular flexibility index (Phi) is 4.61. The minimum Gasteiger partial charge on any atom is -0.378 e. The second-order valence-electron chi connectivity index (χ2n) is 6.39. The van der Waals surface area contributed by atoms with E-state index in [4.69, 9.17) is 4.74 Å². The Balaban J connectivity index is 1.74. The molecule has 2 aliphatic heterocycles. The van der Waals surface area contributed by atoms with E-state index < -0.39 is 4.92 Å². The highest BCUT2D eigenvalue weighted by molar-refractivity contribution is 5.95.